The largest absolute Gasteiger partial charge is 0.319 e. The number of amides is 1. The molecule has 19 heavy (non-hydrogen) atoms. The molecule has 0 saturated carbocycles. The van der Waals surface area contributed by atoms with Crippen LogP contribution < -0.4 is 5.32 Å². The van der Waals surface area contributed by atoms with Gasteiger partial charge in [0.2, 0.25) is 0 Å². The van der Waals surface area contributed by atoms with E-state index in [9.17, 15) is 9.18 Å². The molecule has 0 aliphatic heterocycles. The highest BCUT2D eigenvalue weighted by Gasteiger charge is 2.14. The van der Waals surface area contributed by atoms with Crippen LogP contribution in [0.2, 0.25) is 0 Å². The number of benzene rings is 1. The second-order valence-electron chi connectivity index (χ2n) is 4.25. The van der Waals surface area contributed by atoms with Crippen molar-refractivity contribution in [1.29, 1.82) is 0 Å². The molecule has 0 fully saturated rings. The third-order valence-corrected chi connectivity index (χ3v) is 3.54. The van der Waals surface area contributed by atoms with E-state index >= 15 is 0 Å². The number of nitrogens with one attached hydrogen (secondary N) is 1. The Balaban J connectivity index is 2.28. The van der Waals surface area contributed by atoms with Gasteiger partial charge in [0.25, 0.3) is 5.91 Å². The third kappa shape index (κ3) is 2.68. The molecular weight excluding hydrogens is 313 g/mol. The zero-order chi connectivity index (χ0) is 14.2. The molecule has 100 valence electrons. The molecule has 0 aliphatic rings. The first-order chi connectivity index (χ1) is 8.90. The standard InChI is InChI=1S/C13H13BrFN3O/c1-7-12(8(2)18(3)17-7)16-13(19)9-4-5-11(15)10(14)6-9/h4-6H,1-3H3,(H,16,19). The van der Waals surface area contributed by atoms with Crippen molar-refractivity contribution in [3.05, 3.63) is 45.4 Å². The zero-order valence-corrected chi connectivity index (χ0v) is 12.4. The van der Waals surface area contributed by atoms with E-state index in [2.05, 4.69) is 26.3 Å². The van der Waals surface area contributed by atoms with Crippen LogP contribution in [-0.4, -0.2) is 15.7 Å². The Morgan fingerprint density at radius 2 is 2.11 bits per heavy atom. The Kier molecular flexibility index (Phi) is 3.71. The number of halogens is 2. The van der Waals surface area contributed by atoms with E-state index in [0.717, 1.165) is 11.4 Å². The topological polar surface area (TPSA) is 46.9 Å². The van der Waals surface area contributed by atoms with Crippen LogP contribution in [0.3, 0.4) is 0 Å². The molecule has 1 amide bonds. The van der Waals surface area contributed by atoms with Crippen molar-refractivity contribution in [1.82, 2.24) is 9.78 Å². The van der Waals surface area contributed by atoms with Gasteiger partial charge in [-0.2, -0.15) is 5.10 Å². The van der Waals surface area contributed by atoms with Gasteiger partial charge in [-0.3, -0.25) is 9.48 Å². The van der Waals surface area contributed by atoms with Gasteiger partial charge in [-0.15, -0.1) is 0 Å². The van der Waals surface area contributed by atoms with Crippen molar-refractivity contribution in [3.8, 4) is 0 Å². The van der Waals surface area contributed by atoms with E-state index in [1.165, 1.54) is 18.2 Å². The first-order valence-corrected chi connectivity index (χ1v) is 6.46. The highest BCUT2D eigenvalue weighted by Crippen LogP contribution is 2.21. The molecule has 1 heterocycles. The summed E-state index contributed by atoms with van der Waals surface area (Å²) in [4.78, 5) is 12.1. The summed E-state index contributed by atoms with van der Waals surface area (Å²) in [5.74, 6) is -0.690. The van der Waals surface area contributed by atoms with Gasteiger partial charge in [0, 0.05) is 12.6 Å². The maximum atomic E-state index is 13.1. The van der Waals surface area contributed by atoms with E-state index in [-0.39, 0.29) is 10.4 Å². The van der Waals surface area contributed by atoms with E-state index in [0.29, 0.717) is 11.3 Å². The molecule has 2 rings (SSSR count). The zero-order valence-electron chi connectivity index (χ0n) is 10.8. The van der Waals surface area contributed by atoms with Crippen LogP contribution in [0, 0.1) is 19.7 Å². The summed E-state index contributed by atoms with van der Waals surface area (Å²) in [6, 6.07) is 4.14. The lowest BCUT2D eigenvalue weighted by Gasteiger charge is -2.06. The van der Waals surface area contributed by atoms with Gasteiger partial charge >= 0.3 is 0 Å². The average molecular weight is 326 g/mol. The molecule has 1 aromatic carbocycles. The number of carbonyl (C=O) groups excluding carboxylic acids is 1. The van der Waals surface area contributed by atoms with Crippen LogP contribution in [-0.2, 0) is 7.05 Å². The summed E-state index contributed by atoms with van der Waals surface area (Å²) in [5.41, 5.74) is 2.69. The lowest BCUT2D eigenvalue weighted by Crippen LogP contribution is -2.13. The number of carbonyl (C=O) groups is 1. The highest BCUT2D eigenvalue weighted by molar-refractivity contribution is 9.10. The van der Waals surface area contributed by atoms with Crippen molar-refractivity contribution in [2.75, 3.05) is 5.32 Å². The maximum Gasteiger partial charge on any atom is 0.255 e. The maximum absolute atomic E-state index is 13.1. The first kappa shape index (κ1) is 13.7. The van der Waals surface area contributed by atoms with Crippen LogP contribution in [0.5, 0.6) is 0 Å². The minimum atomic E-state index is -0.398. The molecule has 1 N–H and O–H groups in total. The van der Waals surface area contributed by atoms with Crippen LogP contribution in [0.15, 0.2) is 22.7 Å². The summed E-state index contributed by atoms with van der Waals surface area (Å²) in [6.45, 7) is 3.69. The van der Waals surface area contributed by atoms with E-state index in [1.54, 1.807) is 4.68 Å². The van der Waals surface area contributed by atoms with Gasteiger partial charge in [0.15, 0.2) is 0 Å². The number of rotatable bonds is 2. The highest BCUT2D eigenvalue weighted by atomic mass is 79.9. The Bertz CT molecular complexity index is 652. The van der Waals surface area contributed by atoms with E-state index < -0.39 is 5.82 Å². The van der Waals surface area contributed by atoms with Gasteiger partial charge < -0.3 is 5.32 Å². The quantitative estimate of drug-likeness (QED) is 0.921. The lowest BCUT2D eigenvalue weighted by molar-refractivity contribution is 0.102. The molecule has 2 aromatic rings. The summed E-state index contributed by atoms with van der Waals surface area (Å²) >= 11 is 3.06. The molecule has 4 nitrogen and oxygen atoms in total. The fraction of sp³-hybridized carbons (Fsp3) is 0.231. The summed E-state index contributed by atoms with van der Waals surface area (Å²) in [6.07, 6.45) is 0. The number of aryl methyl sites for hydroxylation is 2. The number of nitrogens with zero attached hydrogens (tertiary/aromatic N) is 2. The number of anilines is 1. The molecule has 6 heteroatoms. The predicted molar refractivity (Wildman–Crippen MR) is 74.7 cm³/mol. The van der Waals surface area contributed by atoms with Gasteiger partial charge in [-0.05, 0) is 48.0 Å². The summed E-state index contributed by atoms with van der Waals surface area (Å²) in [7, 11) is 1.81. The number of aromatic nitrogens is 2. The monoisotopic (exact) mass is 325 g/mol. The second kappa shape index (κ2) is 5.13. The van der Waals surface area contributed by atoms with Crippen LogP contribution in [0.1, 0.15) is 21.7 Å². The first-order valence-electron chi connectivity index (χ1n) is 5.66. The van der Waals surface area contributed by atoms with Gasteiger partial charge in [-0.1, -0.05) is 0 Å². The molecular formula is C13H13BrFN3O. The minimum Gasteiger partial charge on any atom is -0.319 e. The molecule has 1 aromatic heterocycles. The molecule has 0 atom stereocenters. The van der Waals surface area contributed by atoms with Crippen LogP contribution >= 0.6 is 15.9 Å². The van der Waals surface area contributed by atoms with Crippen molar-refractivity contribution in [3.63, 3.8) is 0 Å². The molecule has 0 radical (unpaired) electrons. The van der Waals surface area contributed by atoms with Crippen molar-refractivity contribution in [2.24, 2.45) is 7.05 Å². The Labute approximate surface area is 118 Å². The van der Waals surface area contributed by atoms with Gasteiger partial charge in [0.1, 0.15) is 5.82 Å². The fourth-order valence-electron chi connectivity index (χ4n) is 1.78. The number of hydrogen-bond donors (Lipinski definition) is 1. The molecule has 0 aliphatic carbocycles. The van der Waals surface area contributed by atoms with Gasteiger partial charge in [0.05, 0.1) is 21.5 Å². The van der Waals surface area contributed by atoms with E-state index in [1.807, 2.05) is 20.9 Å². The van der Waals surface area contributed by atoms with Gasteiger partial charge in [-0.25, -0.2) is 4.39 Å². The minimum absolute atomic E-state index is 0.264. The molecule has 0 saturated heterocycles. The molecule has 0 bridgehead atoms. The number of hydrogen-bond acceptors (Lipinski definition) is 2. The third-order valence-electron chi connectivity index (χ3n) is 2.93. The smallest absolute Gasteiger partial charge is 0.255 e. The molecule has 0 spiro atoms. The van der Waals surface area contributed by atoms with Crippen molar-refractivity contribution >= 4 is 27.5 Å². The Morgan fingerprint density at radius 1 is 1.42 bits per heavy atom. The Hall–Kier alpha value is -1.69. The average Bonchev–Trinajstić information content (AvgIpc) is 2.59. The lowest BCUT2D eigenvalue weighted by atomic mass is 10.2. The molecule has 0 unspecified atom stereocenters. The normalized spacial score (nSPS) is 10.6. The fourth-order valence-corrected chi connectivity index (χ4v) is 2.16. The van der Waals surface area contributed by atoms with Crippen LogP contribution in [0.25, 0.3) is 0 Å². The predicted octanol–water partition coefficient (Wildman–Crippen LogP) is 3.19. The summed E-state index contributed by atoms with van der Waals surface area (Å²) < 4.78 is 15.1. The van der Waals surface area contributed by atoms with Crippen molar-refractivity contribution < 1.29 is 9.18 Å². The summed E-state index contributed by atoms with van der Waals surface area (Å²) in [5, 5.41) is 7.02. The van der Waals surface area contributed by atoms with Crippen LogP contribution in [0.4, 0.5) is 10.1 Å². The SMILES string of the molecule is Cc1nn(C)c(C)c1NC(=O)c1ccc(F)c(Br)c1. The van der Waals surface area contributed by atoms with Crippen molar-refractivity contribution in [2.45, 2.75) is 13.8 Å². The Morgan fingerprint density at radius 3 is 2.63 bits per heavy atom. The van der Waals surface area contributed by atoms with E-state index in [4.69, 9.17) is 0 Å². The second-order valence-corrected chi connectivity index (χ2v) is 5.11.